The van der Waals surface area contributed by atoms with Gasteiger partial charge >= 0.3 is 5.97 Å². The normalized spacial score (nSPS) is 28.8. The van der Waals surface area contributed by atoms with E-state index in [4.69, 9.17) is 11.6 Å². The summed E-state index contributed by atoms with van der Waals surface area (Å²) in [5, 5.41) is 10.0. The third-order valence-corrected chi connectivity index (χ3v) is 8.46. The SMILES string of the molecule is O=C(O)C1CCC(C(=O)N2CCC3(Cc4cccc(F)c4)c4ccc(Cl)cc4CCC23)CC1. The fraction of sp³-hybridized carbons (Fsp3) is 0.481. The van der Waals surface area contributed by atoms with Gasteiger partial charge in [0, 0.05) is 28.9 Å². The van der Waals surface area contributed by atoms with Gasteiger partial charge in [0.1, 0.15) is 5.82 Å². The lowest BCUT2D eigenvalue weighted by Crippen LogP contribution is -2.50. The molecule has 2 fully saturated rings. The van der Waals surface area contributed by atoms with Crippen LogP contribution in [0.1, 0.15) is 55.2 Å². The fourth-order valence-corrected chi connectivity index (χ4v) is 6.83. The number of hydrogen-bond donors (Lipinski definition) is 1. The van der Waals surface area contributed by atoms with Gasteiger partial charge in [-0.25, -0.2) is 4.39 Å². The molecule has 1 saturated carbocycles. The Morgan fingerprint density at radius 1 is 1.06 bits per heavy atom. The molecule has 1 saturated heterocycles. The van der Waals surface area contributed by atoms with Gasteiger partial charge in [0.15, 0.2) is 0 Å². The maximum atomic E-state index is 14.0. The minimum absolute atomic E-state index is 0.0548. The molecular weight excluding hydrogens is 441 g/mol. The Morgan fingerprint density at radius 2 is 1.82 bits per heavy atom. The molecule has 0 radical (unpaired) electrons. The number of halogens is 2. The number of fused-ring (bicyclic) bond motifs is 3. The van der Waals surface area contributed by atoms with Crippen molar-refractivity contribution < 1.29 is 19.1 Å². The smallest absolute Gasteiger partial charge is 0.306 e. The van der Waals surface area contributed by atoms with Crippen molar-refractivity contribution >= 4 is 23.5 Å². The minimum atomic E-state index is -0.751. The van der Waals surface area contributed by atoms with Gasteiger partial charge in [-0.15, -0.1) is 0 Å². The zero-order valence-electron chi connectivity index (χ0n) is 18.6. The molecule has 1 aliphatic heterocycles. The Morgan fingerprint density at radius 3 is 2.55 bits per heavy atom. The molecule has 1 amide bonds. The van der Waals surface area contributed by atoms with E-state index in [9.17, 15) is 19.1 Å². The molecule has 0 spiro atoms. The third-order valence-electron chi connectivity index (χ3n) is 8.22. The van der Waals surface area contributed by atoms with Gasteiger partial charge in [0.2, 0.25) is 5.91 Å². The Hall–Kier alpha value is -2.40. The van der Waals surface area contributed by atoms with Crippen molar-refractivity contribution in [3.63, 3.8) is 0 Å². The number of carbonyl (C=O) groups excluding carboxylic acids is 1. The van der Waals surface area contributed by atoms with Crippen LogP contribution >= 0.6 is 11.6 Å². The molecule has 2 atom stereocenters. The molecule has 2 aromatic rings. The van der Waals surface area contributed by atoms with Crippen LogP contribution in [0.25, 0.3) is 0 Å². The number of carboxylic acids is 1. The predicted molar refractivity (Wildman–Crippen MR) is 125 cm³/mol. The van der Waals surface area contributed by atoms with E-state index in [1.165, 1.54) is 17.2 Å². The molecular formula is C27H29ClFNO3. The quantitative estimate of drug-likeness (QED) is 0.652. The summed E-state index contributed by atoms with van der Waals surface area (Å²) in [5.41, 5.74) is 3.14. The summed E-state index contributed by atoms with van der Waals surface area (Å²) in [7, 11) is 0. The van der Waals surface area contributed by atoms with Gasteiger partial charge in [-0.2, -0.15) is 0 Å². The van der Waals surface area contributed by atoms with Crippen LogP contribution in [-0.2, 0) is 27.8 Å². The Bertz CT molecular complexity index is 1080. The summed E-state index contributed by atoms with van der Waals surface area (Å²) >= 11 is 6.30. The third kappa shape index (κ3) is 4.05. The van der Waals surface area contributed by atoms with Crippen molar-refractivity contribution in [2.45, 2.75) is 62.8 Å². The summed E-state index contributed by atoms with van der Waals surface area (Å²) in [6.45, 7) is 0.680. The lowest BCUT2D eigenvalue weighted by molar-refractivity contribution is -0.146. The monoisotopic (exact) mass is 469 g/mol. The molecule has 2 aromatic carbocycles. The lowest BCUT2D eigenvalue weighted by Gasteiger charge is -2.44. The molecule has 0 aromatic heterocycles. The van der Waals surface area contributed by atoms with E-state index in [0.717, 1.165) is 24.8 Å². The molecule has 0 bridgehead atoms. The van der Waals surface area contributed by atoms with Gasteiger partial charge in [0.25, 0.3) is 0 Å². The maximum Gasteiger partial charge on any atom is 0.306 e. The van der Waals surface area contributed by atoms with E-state index in [-0.39, 0.29) is 35.0 Å². The number of amides is 1. The second-order valence-electron chi connectivity index (χ2n) is 9.99. The Balaban J connectivity index is 1.46. The molecule has 6 heteroatoms. The van der Waals surface area contributed by atoms with Gasteiger partial charge < -0.3 is 10.0 Å². The molecule has 33 heavy (non-hydrogen) atoms. The highest BCUT2D eigenvalue weighted by molar-refractivity contribution is 6.30. The average Bonchev–Trinajstić information content (AvgIpc) is 3.17. The summed E-state index contributed by atoms with van der Waals surface area (Å²) in [5.74, 6) is -1.25. The van der Waals surface area contributed by atoms with Crippen LogP contribution in [0.15, 0.2) is 42.5 Å². The fourth-order valence-electron chi connectivity index (χ4n) is 6.63. The topological polar surface area (TPSA) is 57.6 Å². The van der Waals surface area contributed by atoms with Crippen LogP contribution in [0.3, 0.4) is 0 Å². The van der Waals surface area contributed by atoms with Crippen molar-refractivity contribution in [2.24, 2.45) is 11.8 Å². The van der Waals surface area contributed by atoms with Gasteiger partial charge in [-0.05, 0) is 92.3 Å². The molecule has 3 aliphatic rings. The number of rotatable bonds is 4. The van der Waals surface area contributed by atoms with Crippen molar-refractivity contribution in [2.75, 3.05) is 6.54 Å². The van der Waals surface area contributed by atoms with E-state index < -0.39 is 5.97 Å². The molecule has 5 rings (SSSR count). The highest BCUT2D eigenvalue weighted by Crippen LogP contribution is 2.50. The zero-order valence-corrected chi connectivity index (χ0v) is 19.4. The van der Waals surface area contributed by atoms with E-state index in [0.29, 0.717) is 43.7 Å². The highest BCUT2D eigenvalue weighted by atomic mass is 35.5. The number of benzene rings is 2. The number of likely N-dealkylation sites (tertiary alicyclic amines) is 1. The first kappa shape index (κ1) is 22.4. The molecule has 2 unspecified atom stereocenters. The molecule has 1 N–H and O–H groups in total. The largest absolute Gasteiger partial charge is 0.481 e. The van der Waals surface area contributed by atoms with Crippen molar-refractivity contribution in [1.29, 1.82) is 0 Å². The summed E-state index contributed by atoms with van der Waals surface area (Å²) in [6.07, 6.45) is 5.66. The first-order valence-electron chi connectivity index (χ1n) is 11.9. The maximum absolute atomic E-state index is 14.0. The number of nitrogens with zero attached hydrogens (tertiary/aromatic N) is 1. The first-order chi connectivity index (χ1) is 15.9. The number of carbonyl (C=O) groups is 2. The second kappa shape index (κ2) is 8.75. The van der Waals surface area contributed by atoms with Crippen molar-refractivity contribution in [1.82, 2.24) is 4.90 Å². The zero-order chi connectivity index (χ0) is 23.2. The van der Waals surface area contributed by atoms with Crippen LogP contribution in [-0.4, -0.2) is 34.5 Å². The van der Waals surface area contributed by atoms with Crippen molar-refractivity contribution in [3.8, 4) is 0 Å². The van der Waals surface area contributed by atoms with E-state index in [1.807, 2.05) is 18.2 Å². The summed E-state index contributed by atoms with van der Waals surface area (Å²) in [4.78, 5) is 27.0. The van der Waals surface area contributed by atoms with E-state index >= 15 is 0 Å². The number of hydrogen-bond acceptors (Lipinski definition) is 2. The van der Waals surface area contributed by atoms with Crippen LogP contribution in [0, 0.1) is 17.7 Å². The molecule has 1 heterocycles. The number of aliphatic carboxylic acids is 1. The molecule has 174 valence electrons. The number of aryl methyl sites for hydroxylation is 1. The lowest BCUT2D eigenvalue weighted by atomic mass is 9.64. The standard InChI is InChI=1S/C27H29ClFNO3/c28-21-9-10-23-20(15-21)8-11-24-27(23,16-17-2-1-3-22(29)14-17)12-13-30(24)25(31)18-4-6-19(7-5-18)26(32)33/h1-3,9-10,14-15,18-19,24H,4-8,11-13,16H2,(H,32,33). The number of carboxylic acid groups (broad SMARTS) is 1. The average molecular weight is 470 g/mol. The van der Waals surface area contributed by atoms with Crippen LogP contribution < -0.4 is 0 Å². The van der Waals surface area contributed by atoms with E-state index in [1.54, 1.807) is 12.1 Å². The molecule has 2 aliphatic carbocycles. The highest BCUT2D eigenvalue weighted by Gasteiger charge is 2.53. The van der Waals surface area contributed by atoms with Crippen LogP contribution in [0.4, 0.5) is 4.39 Å². The summed E-state index contributed by atoms with van der Waals surface area (Å²) < 4.78 is 14.0. The first-order valence-corrected chi connectivity index (χ1v) is 12.3. The Labute approximate surface area is 198 Å². The minimum Gasteiger partial charge on any atom is -0.481 e. The molecule has 4 nitrogen and oxygen atoms in total. The van der Waals surface area contributed by atoms with Gasteiger partial charge in [-0.1, -0.05) is 29.8 Å². The van der Waals surface area contributed by atoms with Crippen molar-refractivity contribution in [3.05, 3.63) is 70.0 Å². The Kier molecular flexibility index (Phi) is 5.94. The van der Waals surface area contributed by atoms with E-state index in [2.05, 4.69) is 11.0 Å². The van der Waals surface area contributed by atoms with Crippen LogP contribution in [0.5, 0.6) is 0 Å². The van der Waals surface area contributed by atoms with Gasteiger partial charge in [0.05, 0.1) is 5.92 Å². The predicted octanol–water partition coefficient (Wildman–Crippen LogP) is 5.40. The summed E-state index contributed by atoms with van der Waals surface area (Å²) in [6, 6.07) is 12.9. The van der Waals surface area contributed by atoms with Crippen LogP contribution in [0.2, 0.25) is 5.02 Å². The van der Waals surface area contributed by atoms with Gasteiger partial charge in [-0.3, -0.25) is 9.59 Å². The second-order valence-corrected chi connectivity index (χ2v) is 10.4.